The van der Waals surface area contributed by atoms with Crippen LogP contribution in [0.4, 0.5) is 0 Å². The fraction of sp³-hybridized carbons (Fsp3) is 0.200. The molecule has 0 saturated carbocycles. The van der Waals surface area contributed by atoms with Crippen LogP contribution in [0.15, 0.2) is 24.3 Å². The maximum atomic E-state index is 8.27. The second-order valence-corrected chi connectivity index (χ2v) is 2.37. The molecule has 0 aromatic heterocycles. The Morgan fingerprint density at radius 1 is 1.54 bits per heavy atom. The molecule has 0 aliphatic carbocycles. The average Bonchev–Trinajstić information content (AvgIpc) is 2.19. The molecule has 0 fully saturated rings. The Labute approximate surface area is 77.3 Å². The molecule has 0 aliphatic rings. The van der Waals surface area contributed by atoms with Gasteiger partial charge in [0.05, 0.1) is 13.7 Å². The third kappa shape index (κ3) is 3.16. The third-order valence-corrected chi connectivity index (χ3v) is 1.47. The minimum atomic E-state index is 0.261. The zero-order chi connectivity index (χ0) is 9.52. The van der Waals surface area contributed by atoms with Crippen LogP contribution < -0.4 is 10.2 Å². The first-order chi connectivity index (χ1) is 6.36. The van der Waals surface area contributed by atoms with Gasteiger partial charge in [-0.15, -0.1) is 0 Å². The molecule has 1 aromatic carbocycles. The van der Waals surface area contributed by atoms with Gasteiger partial charge in [0.15, 0.2) is 0 Å². The van der Waals surface area contributed by atoms with E-state index in [9.17, 15) is 0 Å². The summed E-state index contributed by atoms with van der Waals surface area (Å²) in [4.78, 5) is 0. The van der Waals surface area contributed by atoms with Crippen LogP contribution in [0.1, 0.15) is 5.56 Å². The second kappa shape index (κ2) is 5.20. The van der Waals surface area contributed by atoms with E-state index in [1.165, 1.54) is 0 Å². The molecule has 1 aromatic rings. The molecule has 1 rings (SSSR count). The molecule has 0 aliphatic heterocycles. The van der Waals surface area contributed by atoms with Crippen molar-refractivity contribution in [2.75, 3.05) is 13.7 Å². The van der Waals surface area contributed by atoms with Crippen LogP contribution in [-0.2, 0) is 0 Å². The van der Waals surface area contributed by atoms with Gasteiger partial charge in [0.25, 0.3) is 0 Å². The van der Waals surface area contributed by atoms with Crippen LogP contribution in [0.3, 0.4) is 0 Å². The van der Waals surface area contributed by atoms with Crippen molar-refractivity contribution in [2.45, 2.75) is 0 Å². The molecular formula is C10H11NO2. The van der Waals surface area contributed by atoms with Crippen molar-refractivity contribution in [3.8, 4) is 17.6 Å². The van der Waals surface area contributed by atoms with Crippen molar-refractivity contribution in [2.24, 2.45) is 0 Å². The maximum Gasteiger partial charge on any atom is 0.120 e. The lowest BCUT2D eigenvalue weighted by molar-refractivity contribution is 0.181. The van der Waals surface area contributed by atoms with E-state index < -0.39 is 0 Å². The summed E-state index contributed by atoms with van der Waals surface area (Å²) in [6.45, 7) is 0.261. The first-order valence-electron chi connectivity index (χ1n) is 3.86. The smallest absolute Gasteiger partial charge is 0.120 e. The Hall–Kier alpha value is -1.50. The van der Waals surface area contributed by atoms with Gasteiger partial charge in [-0.25, -0.2) is 0 Å². The Morgan fingerprint density at radius 3 is 3.08 bits per heavy atom. The lowest BCUT2D eigenvalue weighted by Crippen LogP contribution is -2.05. The van der Waals surface area contributed by atoms with Crippen molar-refractivity contribution in [1.82, 2.24) is 5.48 Å². The van der Waals surface area contributed by atoms with Gasteiger partial charge in [0.1, 0.15) is 5.75 Å². The molecule has 0 amide bonds. The highest BCUT2D eigenvalue weighted by Crippen LogP contribution is 2.10. The minimum absolute atomic E-state index is 0.261. The van der Waals surface area contributed by atoms with Gasteiger partial charge in [-0.2, -0.15) is 5.48 Å². The van der Waals surface area contributed by atoms with E-state index in [1.807, 2.05) is 29.7 Å². The number of benzene rings is 1. The van der Waals surface area contributed by atoms with Gasteiger partial charge in [0.2, 0.25) is 0 Å². The molecule has 0 unspecified atom stereocenters. The predicted octanol–water partition coefficient (Wildman–Crippen LogP) is 1.03. The molecule has 0 bridgehead atoms. The summed E-state index contributed by atoms with van der Waals surface area (Å²) < 4.78 is 5.03. The highest BCUT2D eigenvalue weighted by atomic mass is 16.5. The largest absolute Gasteiger partial charge is 0.497 e. The number of nitrogens with one attached hydrogen (secondary N) is 1. The molecule has 2 N–H and O–H groups in total. The Balaban J connectivity index is 2.73. The number of methoxy groups -OCH3 is 1. The van der Waals surface area contributed by atoms with Gasteiger partial charge < -0.3 is 9.94 Å². The molecule has 0 atom stereocenters. The first kappa shape index (κ1) is 9.59. The highest BCUT2D eigenvalue weighted by Gasteiger charge is 1.90. The summed E-state index contributed by atoms with van der Waals surface area (Å²) in [7, 11) is 1.61. The molecule has 0 radical (unpaired) electrons. The second-order valence-electron chi connectivity index (χ2n) is 2.37. The normalized spacial score (nSPS) is 8.77. The van der Waals surface area contributed by atoms with E-state index in [-0.39, 0.29) is 6.54 Å². The fourth-order valence-electron chi connectivity index (χ4n) is 0.887. The molecule has 0 spiro atoms. The third-order valence-electron chi connectivity index (χ3n) is 1.47. The van der Waals surface area contributed by atoms with Crippen LogP contribution in [0.2, 0.25) is 0 Å². The van der Waals surface area contributed by atoms with E-state index in [4.69, 9.17) is 9.94 Å². The molecular weight excluding hydrogens is 166 g/mol. The Morgan fingerprint density at radius 2 is 2.38 bits per heavy atom. The zero-order valence-electron chi connectivity index (χ0n) is 7.37. The van der Waals surface area contributed by atoms with Crippen molar-refractivity contribution in [1.29, 1.82) is 0 Å². The first-order valence-corrected chi connectivity index (χ1v) is 3.86. The van der Waals surface area contributed by atoms with Crippen LogP contribution in [0, 0.1) is 11.8 Å². The summed E-state index contributed by atoms with van der Waals surface area (Å²) in [5.41, 5.74) is 2.83. The number of ether oxygens (including phenoxy) is 1. The lowest BCUT2D eigenvalue weighted by atomic mass is 10.2. The van der Waals surface area contributed by atoms with Gasteiger partial charge in [-0.3, -0.25) is 0 Å². The summed E-state index contributed by atoms with van der Waals surface area (Å²) in [5, 5.41) is 8.27. The number of hydroxylamine groups is 1. The summed E-state index contributed by atoms with van der Waals surface area (Å²) in [5.74, 6) is 6.39. The molecule has 0 saturated heterocycles. The Kier molecular flexibility index (Phi) is 3.83. The lowest BCUT2D eigenvalue weighted by Gasteiger charge is -1.97. The minimum Gasteiger partial charge on any atom is -0.497 e. The Bertz CT molecular complexity index is 325. The number of hydrogen-bond donors (Lipinski definition) is 2. The van der Waals surface area contributed by atoms with E-state index in [0.717, 1.165) is 11.3 Å². The summed E-state index contributed by atoms with van der Waals surface area (Å²) in [6, 6.07) is 7.45. The standard InChI is InChI=1S/C10H11NO2/c1-13-10-6-2-4-9(8-10)5-3-7-11-12/h2,4,6,8,11-12H,7H2,1H3. The molecule has 0 heterocycles. The zero-order valence-corrected chi connectivity index (χ0v) is 7.37. The predicted molar refractivity (Wildman–Crippen MR) is 49.7 cm³/mol. The van der Waals surface area contributed by atoms with Crippen molar-refractivity contribution in [3.05, 3.63) is 29.8 Å². The SMILES string of the molecule is COc1cccc(C#CCNO)c1. The van der Waals surface area contributed by atoms with E-state index >= 15 is 0 Å². The topological polar surface area (TPSA) is 41.5 Å². The van der Waals surface area contributed by atoms with Gasteiger partial charge in [-0.1, -0.05) is 17.9 Å². The molecule has 3 nitrogen and oxygen atoms in total. The number of hydrogen-bond acceptors (Lipinski definition) is 3. The van der Waals surface area contributed by atoms with Gasteiger partial charge in [-0.05, 0) is 18.2 Å². The van der Waals surface area contributed by atoms with Crippen LogP contribution in [-0.4, -0.2) is 18.9 Å². The quantitative estimate of drug-likeness (QED) is 0.523. The van der Waals surface area contributed by atoms with Crippen LogP contribution in [0.25, 0.3) is 0 Å². The summed E-state index contributed by atoms with van der Waals surface area (Å²) >= 11 is 0. The summed E-state index contributed by atoms with van der Waals surface area (Å²) in [6.07, 6.45) is 0. The molecule has 3 heteroatoms. The average molecular weight is 177 g/mol. The fourth-order valence-corrected chi connectivity index (χ4v) is 0.887. The monoisotopic (exact) mass is 177 g/mol. The van der Waals surface area contributed by atoms with E-state index in [0.29, 0.717) is 0 Å². The molecule has 13 heavy (non-hydrogen) atoms. The highest BCUT2D eigenvalue weighted by molar-refractivity contribution is 5.39. The van der Waals surface area contributed by atoms with E-state index in [1.54, 1.807) is 7.11 Å². The number of rotatable bonds is 2. The van der Waals surface area contributed by atoms with Crippen molar-refractivity contribution < 1.29 is 9.94 Å². The van der Waals surface area contributed by atoms with Crippen molar-refractivity contribution >= 4 is 0 Å². The molecule has 68 valence electrons. The van der Waals surface area contributed by atoms with Gasteiger partial charge >= 0.3 is 0 Å². The van der Waals surface area contributed by atoms with E-state index in [2.05, 4.69) is 11.8 Å². The van der Waals surface area contributed by atoms with Crippen molar-refractivity contribution in [3.63, 3.8) is 0 Å². The van der Waals surface area contributed by atoms with Crippen LogP contribution in [0.5, 0.6) is 5.75 Å². The van der Waals surface area contributed by atoms with Crippen LogP contribution >= 0.6 is 0 Å². The van der Waals surface area contributed by atoms with Gasteiger partial charge in [0, 0.05) is 5.56 Å². The maximum absolute atomic E-state index is 8.27.